The van der Waals surface area contributed by atoms with Crippen molar-refractivity contribution >= 4 is 45.2 Å². The second kappa shape index (κ2) is 11.0. The number of carbonyl (C=O) groups excluding carboxylic acids is 4. The van der Waals surface area contributed by atoms with Crippen LogP contribution >= 0.6 is 15.9 Å². The molecule has 0 saturated heterocycles. The standard InChI is InChI=1S/C24H19BrN2O5/c25-18-10-6-9-17(13-18)24(31)26-14-22(29)32-15-21(28)27-20-12-5-4-11-19(20)23(30)16-7-2-1-3-8-16/h1-13H,14-15H2,(H,26,31)(H,27,28). The number of benzene rings is 3. The van der Waals surface area contributed by atoms with Crippen LogP contribution in [-0.2, 0) is 14.3 Å². The molecule has 3 aromatic rings. The molecule has 162 valence electrons. The van der Waals surface area contributed by atoms with E-state index in [0.29, 0.717) is 22.4 Å². The van der Waals surface area contributed by atoms with Gasteiger partial charge in [-0.1, -0.05) is 64.5 Å². The molecule has 0 aliphatic carbocycles. The lowest BCUT2D eigenvalue weighted by Crippen LogP contribution is -2.32. The second-order valence-corrected chi connectivity index (χ2v) is 7.56. The monoisotopic (exact) mass is 494 g/mol. The highest BCUT2D eigenvalue weighted by Gasteiger charge is 2.16. The minimum Gasteiger partial charge on any atom is -0.454 e. The van der Waals surface area contributed by atoms with Crippen LogP contribution in [0.1, 0.15) is 26.3 Å². The number of nitrogens with one attached hydrogen (secondary N) is 2. The first kappa shape index (κ1) is 22.9. The molecule has 0 fully saturated rings. The predicted octanol–water partition coefficient (Wildman–Crippen LogP) is 3.59. The Morgan fingerprint density at radius 1 is 0.812 bits per heavy atom. The van der Waals surface area contributed by atoms with Crippen molar-refractivity contribution < 1.29 is 23.9 Å². The molecule has 3 aromatic carbocycles. The van der Waals surface area contributed by atoms with E-state index in [0.717, 1.165) is 4.47 Å². The third-order valence-electron chi connectivity index (χ3n) is 4.33. The van der Waals surface area contributed by atoms with Crippen molar-refractivity contribution in [3.8, 4) is 0 Å². The average Bonchev–Trinajstić information content (AvgIpc) is 2.81. The van der Waals surface area contributed by atoms with E-state index in [4.69, 9.17) is 4.74 Å². The molecule has 0 atom stereocenters. The number of rotatable bonds is 8. The van der Waals surface area contributed by atoms with Gasteiger partial charge in [0.25, 0.3) is 11.8 Å². The third-order valence-corrected chi connectivity index (χ3v) is 4.82. The summed E-state index contributed by atoms with van der Waals surface area (Å²) in [4.78, 5) is 48.9. The molecular weight excluding hydrogens is 476 g/mol. The predicted molar refractivity (Wildman–Crippen MR) is 122 cm³/mol. The van der Waals surface area contributed by atoms with Crippen molar-refractivity contribution in [3.05, 3.63) is 100 Å². The number of anilines is 1. The number of hydrogen-bond donors (Lipinski definition) is 2. The number of halogens is 1. The fourth-order valence-electron chi connectivity index (χ4n) is 2.80. The molecule has 2 N–H and O–H groups in total. The molecule has 2 amide bonds. The highest BCUT2D eigenvalue weighted by Crippen LogP contribution is 2.19. The molecule has 0 aromatic heterocycles. The zero-order chi connectivity index (χ0) is 22.9. The normalized spacial score (nSPS) is 10.2. The molecular formula is C24H19BrN2O5. The van der Waals surface area contributed by atoms with Crippen LogP contribution in [-0.4, -0.2) is 36.7 Å². The zero-order valence-corrected chi connectivity index (χ0v) is 18.4. The Balaban J connectivity index is 1.51. The van der Waals surface area contributed by atoms with Crippen molar-refractivity contribution in [2.45, 2.75) is 0 Å². The Kier molecular flexibility index (Phi) is 7.88. The Labute approximate surface area is 192 Å². The number of para-hydroxylation sites is 1. The number of esters is 1. The highest BCUT2D eigenvalue weighted by atomic mass is 79.9. The van der Waals surface area contributed by atoms with Crippen LogP contribution < -0.4 is 10.6 Å². The fourth-order valence-corrected chi connectivity index (χ4v) is 3.20. The number of hydrogen-bond acceptors (Lipinski definition) is 5. The van der Waals surface area contributed by atoms with Crippen LogP contribution in [0.4, 0.5) is 5.69 Å². The van der Waals surface area contributed by atoms with Crippen molar-refractivity contribution in [1.29, 1.82) is 0 Å². The van der Waals surface area contributed by atoms with Crippen LogP contribution in [0.3, 0.4) is 0 Å². The summed E-state index contributed by atoms with van der Waals surface area (Å²) < 4.78 is 5.64. The van der Waals surface area contributed by atoms with Crippen molar-refractivity contribution in [1.82, 2.24) is 5.32 Å². The van der Waals surface area contributed by atoms with Gasteiger partial charge in [-0.05, 0) is 30.3 Å². The van der Waals surface area contributed by atoms with Gasteiger partial charge in [0, 0.05) is 21.2 Å². The molecule has 3 rings (SSSR count). The lowest BCUT2D eigenvalue weighted by Gasteiger charge is -2.11. The van der Waals surface area contributed by atoms with Crippen LogP contribution in [0.2, 0.25) is 0 Å². The molecule has 0 bridgehead atoms. The van der Waals surface area contributed by atoms with Crippen LogP contribution in [0.25, 0.3) is 0 Å². The summed E-state index contributed by atoms with van der Waals surface area (Å²) in [6.07, 6.45) is 0. The van der Waals surface area contributed by atoms with E-state index < -0.39 is 24.4 Å². The average molecular weight is 495 g/mol. The SMILES string of the molecule is O=C(COC(=O)CNC(=O)c1cccc(Br)c1)Nc1ccccc1C(=O)c1ccccc1. The number of carbonyl (C=O) groups is 4. The summed E-state index contributed by atoms with van der Waals surface area (Å²) in [5.74, 6) is -2.06. The van der Waals surface area contributed by atoms with Gasteiger partial charge in [-0.25, -0.2) is 0 Å². The molecule has 7 nitrogen and oxygen atoms in total. The molecule has 0 heterocycles. The first-order valence-electron chi connectivity index (χ1n) is 9.62. The van der Waals surface area contributed by atoms with Crippen molar-refractivity contribution in [2.75, 3.05) is 18.5 Å². The first-order valence-corrected chi connectivity index (χ1v) is 10.4. The maximum Gasteiger partial charge on any atom is 0.325 e. The number of ketones is 1. The summed E-state index contributed by atoms with van der Waals surface area (Å²) in [6, 6.07) is 21.9. The fraction of sp³-hybridized carbons (Fsp3) is 0.0833. The van der Waals surface area contributed by atoms with E-state index in [1.807, 2.05) is 0 Å². The summed E-state index contributed by atoms with van der Waals surface area (Å²) in [5, 5.41) is 5.01. The van der Waals surface area contributed by atoms with E-state index in [-0.39, 0.29) is 12.3 Å². The van der Waals surface area contributed by atoms with Gasteiger partial charge in [-0.2, -0.15) is 0 Å². The number of ether oxygens (including phenoxy) is 1. The van der Waals surface area contributed by atoms with E-state index in [9.17, 15) is 19.2 Å². The van der Waals surface area contributed by atoms with E-state index in [1.54, 1.807) is 78.9 Å². The molecule has 32 heavy (non-hydrogen) atoms. The Morgan fingerprint density at radius 3 is 2.25 bits per heavy atom. The van der Waals surface area contributed by atoms with Crippen molar-refractivity contribution in [3.63, 3.8) is 0 Å². The van der Waals surface area contributed by atoms with Gasteiger partial charge >= 0.3 is 5.97 Å². The van der Waals surface area contributed by atoms with Crippen LogP contribution in [0.5, 0.6) is 0 Å². The number of amides is 2. The quantitative estimate of drug-likeness (QED) is 0.368. The van der Waals surface area contributed by atoms with Gasteiger partial charge in [0.2, 0.25) is 0 Å². The van der Waals surface area contributed by atoms with Gasteiger partial charge < -0.3 is 15.4 Å². The summed E-state index contributed by atoms with van der Waals surface area (Å²) in [7, 11) is 0. The third kappa shape index (κ3) is 6.36. The van der Waals surface area contributed by atoms with Gasteiger partial charge in [0.1, 0.15) is 6.54 Å². The first-order chi connectivity index (χ1) is 15.4. The molecule has 0 unspecified atom stereocenters. The zero-order valence-electron chi connectivity index (χ0n) is 16.8. The molecule has 0 saturated carbocycles. The van der Waals surface area contributed by atoms with Gasteiger partial charge in [0.05, 0.1) is 5.69 Å². The smallest absolute Gasteiger partial charge is 0.325 e. The Hall–Kier alpha value is -3.78. The minimum absolute atomic E-state index is 0.242. The summed E-state index contributed by atoms with van der Waals surface area (Å²) in [6.45, 7) is -0.943. The maximum atomic E-state index is 12.7. The van der Waals surface area contributed by atoms with E-state index in [1.165, 1.54) is 0 Å². The van der Waals surface area contributed by atoms with Crippen molar-refractivity contribution in [2.24, 2.45) is 0 Å². The van der Waals surface area contributed by atoms with E-state index in [2.05, 4.69) is 26.6 Å². The van der Waals surface area contributed by atoms with Gasteiger partial charge in [-0.15, -0.1) is 0 Å². The molecule has 0 aliphatic heterocycles. The Morgan fingerprint density at radius 2 is 1.50 bits per heavy atom. The Bertz CT molecular complexity index is 1150. The summed E-state index contributed by atoms with van der Waals surface area (Å²) >= 11 is 3.27. The minimum atomic E-state index is -0.767. The lowest BCUT2D eigenvalue weighted by atomic mass is 10.0. The maximum absolute atomic E-state index is 12.7. The topological polar surface area (TPSA) is 102 Å². The van der Waals surface area contributed by atoms with Gasteiger partial charge in [-0.3, -0.25) is 19.2 Å². The van der Waals surface area contributed by atoms with Crippen LogP contribution in [0.15, 0.2) is 83.3 Å². The molecule has 0 radical (unpaired) electrons. The highest BCUT2D eigenvalue weighted by molar-refractivity contribution is 9.10. The van der Waals surface area contributed by atoms with Gasteiger partial charge in [0.15, 0.2) is 12.4 Å². The van der Waals surface area contributed by atoms with E-state index >= 15 is 0 Å². The van der Waals surface area contributed by atoms with Crippen LogP contribution in [0, 0.1) is 0 Å². The lowest BCUT2D eigenvalue weighted by molar-refractivity contribution is -0.146. The summed E-state index contributed by atoms with van der Waals surface area (Å²) in [5.41, 5.74) is 1.50. The second-order valence-electron chi connectivity index (χ2n) is 6.64. The molecule has 8 heteroatoms. The molecule has 0 spiro atoms. The molecule has 0 aliphatic rings. The largest absolute Gasteiger partial charge is 0.454 e.